The molecule has 0 bridgehead atoms. The highest BCUT2D eigenvalue weighted by molar-refractivity contribution is 6.33. The third-order valence-corrected chi connectivity index (χ3v) is 12.0. The van der Waals surface area contributed by atoms with Gasteiger partial charge in [-0.3, -0.25) is 24.0 Å². The number of fused-ring (bicyclic) bond motifs is 3. The van der Waals surface area contributed by atoms with Gasteiger partial charge >= 0.3 is 0 Å². The molecule has 0 radical (unpaired) electrons. The molecule has 3 N–H and O–H groups in total. The van der Waals surface area contributed by atoms with Gasteiger partial charge in [0.2, 0.25) is 0 Å². The van der Waals surface area contributed by atoms with Crippen molar-refractivity contribution in [1.29, 1.82) is 0 Å². The van der Waals surface area contributed by atoms with Crippen LogP contribution >= 0.6 is 0 Å². The highest BCUT2D eigenvalue weighted by Gasteiger charge is 2.80. The molecule has 4 aliphatic carbocycles. The lowest BCUT2D eigenvalue weighted by atomic mass is 9.37. The summed E-state index contributed by atoms with van der Waals surface area (Å²) in [6.07, 6.45) is 3.19. The number of carbonyl (C=O) groups is 5. The lowest BCUT2D eigenvalue weighted by Crippen LogP contribution is -2.81. The largest absolute Gasteiger partial charge is 0.507 e. The minimum absolute atomic E-state index is 0.0118. The molecule has 4 aliphatic rings. The van der Waals surface area contributed by atoms with E-state index in [1.54, 1.807) is 33.8 Å². The van der Waals surface area contributed by atoms with Crippen LogP contribution in [0.5, 0.6) is 5.75 Å². The van der Waals surface area contributed by atoms with E-state index in [1.165, 1.54) is 6.92 Å². The summed E-state index contributed by atoms with van der Waals surface area (Å²) in [6, 6.07) is 3.60. The zero-order valence-electron chi connectivity index (χ0n) is 25.7. The van der Waals surface area contributed by atoms with E-state index >= 15 is 0 Å². The Balaban J connectivity index is 1.68. The van der Waals surface area contributed by atoms with Crippen LogP contribution in [-0.2, 0) is 25.6 Å². The normalized spacial score (nSPS) is 41.8. The summed E-state index contributed by atoms with van der Waals surface area (Å²) in [5.41, 5.74) is -5.37. The van der Waals surface area contributed by atoms with E-state index in [2.05, 4.69) is 6.92 Å². The molecule has 0 spiro atoms. The number of Topliss-reactive ketones (excluding diaryl/α,β-unsaturated/α-hetero) is 5. The topological polar surface area (TPSA) is 146 Å². The first-order valence-corrected chi connectivity index (χ1v) is 15.4. The number of hydrogen-bond donors (Lipinski definition) is 3. The maximum atomic E-state index is 14.5. The summed E-state index contributed by atoms with van der Waals surface area (Å²) in [6.45, 7) is 11.4. The van der Waals surface area contributed by atoms with Gasteiger partial charge in [0.1, 0.15) is 17.5 Å². The third kappa shape index (κ3) is 3.69. The fourth-order valence-electron chi connectivity index (χ4n) is 9.41. The number of phenolic OH excluding ortho intramolecular Hbond substituents is 1. The number of phenols is 1. The number of hydrogen-bond acceptors (Lipinski definition) is 8. The molecule has 1 aromatic carbocycles. The molecule has 3 fully saturated rings. The van der Waals surface area contributed by atoms with Gasteiger partial charge in [0.05, 0.1) is 17.6 Å². The van der Waals surface area contributed by atoms with Crippen molar-refractivity contribution in [2.45, 2.75) is 98.2 Å². The summed E-state index contributed by atoms with van der Waals surface area (Å²) in [5.74, 6) is -9.77. The monoisotopic (exact) mass is 580 g/mol. The average Bonchev–Trinajstić information content (AvgIpc) is 2.91. The van der Waals surface area contributed by atoms with Crippen LogP contribution in [0.15, 0.2) is 12.1 Å². The van der Waals surface area contributed by atoms with Gasteiger partial charge in [0, 0.05) is 16.7 Å². The van der Waals surface area contributed by atoms with E-state index in [1.807, 2.05) is 6.07 Å². The van der Waals surface area contributed by atoms with Crippen LogP contribution in [0.1, 0.15) is 102 Å². The minimum atomic E-state index is -2.95. The number of rotatable bonds is 4. The van der Waals surface area contributed by atoms with Gasteiger partial charge in [0.25, 0.3) is 0 Å². The predicted molar refractivity (Wildman–Crippen MR) is 154 cm³/mol. The van der Waals surface area contributed by atoms with Gasteiger partial charge in [-0.05, 0) is 61.0 Å². The average molecular weight is 581 g/mol. The van der Waals surface area contributed by atoms with Crippen molar-refractivity contribution in [3.8, 4) is 5.75 Å². The van der Waals surface area contributed by atoms with Gasteiger partial charge < -0.3 is 15.3 Å². The second-order valence-corrected chi connectivity index (χ2v) is 14.5. The molecular weight excluding hydrogens is 536 g/mol. The molecule has 8 atom stereocenters. The van der Waals surface area contributed by atoms with E-state index in [-0.39, 0.29) is 11.3 Å². The smallest absolute Gasteiger partial charge is 0.191 e. The van der Waals surface area contributed by atoms with Crippen LogP contribution in [0.4, 0.5) is 0 Å². The molecule has 5 rings (SSSR count). The number of carbonyl (C=O) groups excluding carboxylic acids is 5. The van der Waals surface area contributed by atoms with E-state index < -0.39 is 81.0 Å². The number of aliphatic hydroxyl groups excluding tert-OH is 1. The third-order valence-electron chi connectivity index (χ3n) is 12.0. The van der Waals surface area contributed by atoms with Crippen LogP contribution in [-0.4, -0.2) is 55.9 Å². The zero-order chi connectivity index (χ0) is 31.3. The van der Waals surface area contributed by atoms with Gasteiger partial charge in [0.15, 0.2) is 28.7 Å². The van der Waals surface area contributed by atoms with Gasteiger partial charge in [-0.15, -0.1) is 0 Å². The highest BCUT2D eigenvalue weighted by Crippen LogP contribution is 2.66. The van der Waals surface area contributed by atoms with Crippen molar-refractivity contribution in [1.82, 2.24) is 0 Å². The number of aliphatic hydroxyl groups is 2. The van der Waals surface area contributed by atoms with Crippen molar-refractivity contribution in [3.63, 3.8) is 0 Å². The predicted octanol–water partition coefficient (Wildman–Crippen LogP) is 3.99. The zero-order valence-corrected chi connectivity index (χ0v) is 25.7. The van der Waals surface area contributed by atoms with Crippen molar-refractivity contribution >= 4 is 28.9 Å². The standard InChI is InChI=1S/C34H44O8/c1-15(2)24-27(37)22(18(5)35)29(39)34(42)30(40)25-28(38)23-21(17(4)32(25,6)31(41)33(24,34)7)13-12-20(26(23)36)14-19-10-8-16(3)9-11-19/h12-13,15-17,19,22,24-25,31,36,41-42H,8-11,14H2,1-7H3/t16?,17-,19?,22?,24?,25?,31-,32+,33+,34+/m1/s1. The Hall–Kier alpha value is -2.71. The number of benzene rings is 1. The van der Waals surface area contributed by atoms with Crippen LogP contribution in [0.25, 0.3) is 0 Å². The summed E-state index contributed by atoms with van der Waals surface area (Å²) in [5, 5.41) is 35.9. The van der Waals surface area contributed by atoms with Crippen molar-refractivity contribution in [3.05, 3.63) is 28.8 Å². The van der Waals surface area contributed by atoms with Crippen LogP contribution in [0, 0.1) is 46.3 Å². The molecule has 1 aromatic rings. The minimum Gasteiger partial charge on any atom is -0.507 e. The van der Waals surface area contributed by atoms with E-state index in [9.17, 15) is 39.3 Å². The maximum absolute atomic E-state index is 14.5. The van der Waals surface area contributed by atoms with E-state index in [0.29, 0.717) is 29.4 Å². The van der Waals surface area contributed by atoms with Gasteiger partial charge in [-0.1, -0.05) is 66.5 Å². The molecule has 42 heavy (non-hydrogen) atoms. The molecular formula is C34H44O8. The van der Waals surface area contributed by atoms with Crippen molar-refractivity contribution in [2.24, 2.45) is 46.3 Å². The Kier molecular flexibility index (Phi) is 7.25. The second kappa shape index (κ2) is 9.91. The Bertz CT molecular complexity index is 1390. The molecule has 0 amide bonds. The highest BCUT2D eigenvalue weighted by atomic mass is 16.3. The Morgan fingerprint density at radius 3 is 2.14 bits per heavy atom. The molecule has 0 heterocycles. The molecule has 0 aromatic heterocycles. The molecule has 3 saturated carbocycles. The fourth-order valence-corrected chi connectivity index (χ4v) is 9.41. The quantitative estimate of drug-likeness (QED) is 0.453. The molecule has 0 aliphatic heterocycles. The van der Waals surface area contributed by atoms with Crippen molar-refractivity contribution in [2.75, 3.05) is 0 Å². The first-order chi connectivity index (χ1) is 19.5. The summed E-state index contributed by atoms with van der Waals surface area (Å²) < 4.78 is 0. The lowest BCUT2D eigenvalue weighted by Gasteiger charge is -2.65. The second-order valence-electron chi connectivity index (χ2n) is 14.5. The molecule has 8 nitrogen and oxygen atoms in total. The number of ketones is 5. The first kappa shape index (κ1) is 30.7. The Morgan fingerprint density at radius 1 is 1.00 bits per heavy atom. The first-order valence-electron chi connectivity index (χ1n) is 15.4. The number of aromatic hydroxyl groups is 1. The van der Waals surface area contributed by atoms with Gasteiger partial charge in [-0.2, -0.15) is 0 Å². The Labute approximate surface area is 247 Å². The van der Waals surface area contributed by atoms with E-state index in [0.717, 1.165) is 32.6 Å². The molecule has 0 saturated heterocycles. The van der Waals surface area contributed by atoms with Crippen LogP contribution in [0.2, 0.25) is 0 Å². The summed E-state index contributed by atoms with van der Waals surface area (Å²) in [7, 11) is 0. The summed E-state index contributed by atoms with van der Waals surface area (Å²) in [4.78, 5) is 69.0. The van der Waals surface area contributed by atoms with Crippen LogP contribution in [0.3, 0.4) is 0 Å². The molecule has 3 unspecified atom stereocenters. The van der Waals surface area contributed by atoms with Gasteiger partial charge in [-0.25, -0.2) is 0 Å². The lowest BCUT2D eigenvalue weighted by molar-refractivity contribution is -0.240. The van der Waals surface area contributed by atoms with Crippen molar-refractivity contribution < 1.29 is 39.3 Å². The summed E-state index contributed by atoms with van der Waals surface area (Å²) >= 11 is 0. The molecule has 228 valence electrons. The Morgan fingerprint density at radius 2 is 1.60 bits per heavy atom. The maximum Gasteiger partial charge on any atom is 0.191 e. The van der Waals surface area contributed by atoms with E-state index in [4.69, 9.17) is 0 Å². The molecule has 8 heteroatoms. The van der Waals surface area contributed by atoms with Crippen LogP contribution < -0.4 is 0 Å². The SMILES string of the molecule is CC(=O)C1C(=O)C(C(C)C)[C@@]2(C)[C@H](O)[C@]3(C)C(C(=O)c4c(ccc(CC5CCC(C)CC5)c4O)[C@H]3C)C(=O)[C@@]2(O)C1=O. The fraction of sp³-hybridized carbons (Fsp3) is 0.676.